The van der Waals surface area contributed by atoms with Crippen LogP contribution in [0.1, 0.15) is 20.8 Å². The predicted molar refractivity (Wildman–Crippen MR) is 45.5 cm³/mol. The highest BCUT2D eigenvalue weighted by molar-refractivity contribution is 5.87. The zero-order valence-corrected chi connectivity index (χ0v) is 7.63. The van der Waals surface area contributed by atoms with E-state index in [0.29, 0.717) is 5.92 Å². The summed E-state index contributed by atoms with van der Waals surface area (Å²) in [6.45, 7) is 5.64. The molecule has 2 heteroatoms. The molecular weight excluding hydrogens is 140 g/mol. The second-order valence-corrected chi connectivity index (χ2v) is 2.91. The van der Waals surface area contributed by atoms with E-state index in [2.05, 4.69) is 13.8 Å². The van der Waals surface area contributed by atoms with Crippen LogP contribution in [-0.2, 0) is 9.53 Å². The highest BCUT2D eigenvalue weighted by Crippen LogP contribution is 2.06. The molecule has 2 nitrogen and oxygen atoms in total. The van der Waals surface area contributed by atoms with E-state index in [1.165, 1.54) is 6.92 Å². The third-order valence-electron chi connectivity index (χ3n) is 1.45. The molecule has 0 aromatic heterocycles. The number of allylic oxidation sites excluding steroid dienone is 1. The Morgan fingerprint density at radius 3 is 2.27 bits per heavy atom. The van der Waals surface area contributed by atoms with Crippen molar-refractivity contribution in [1.82, 2.24) is 0 Å². The van der Waals surface area contributed by atoms with Crippen molar-refractivity contribution in [2.45, 2.75) is 26.9 Å². The minimum absolute atomic E-state index is 0.0545. The first-order valence-electron chi connectivity index (χ1n) is 3.79. The monoisotopic (exact) mass is 156 g/mol. The molecule has 0 bridgehead atoms. The maximum Gasteiger partial charge on any atom is 0.152 e. The fourth-order valence-corrected chi connectivity index (χ4v) is 0.803. The number of ether oxygens (including phenoxy) is 1. The number of hydrogen-bond acceptors (Lipinski definition) is 2. The molecule has 0 aromatic rings. The van der Waals surface area contributed by atoms with Crippen LogP contribution in [0.2, 0.25) is 0 Å². The summed E-state index contributed by atoms with van der Waals surface area (Å²) in [4.78, 5) is 10.5. The van der Waals surface area contributed by atoms with Crippen LogP contribution in [0.25, 0.3) is 0 Å². The lowest BCUT2D eigenvalue weighted by atomic mass is 10.1. The zero-order chi connectivity index (χ0) is 8.85. The standard InChI is InChI=1S/C9H16O2/c1-7(2)9(11-4)6-5-8(3)10/h5-7,9H,1-4H3/b6-5+. The van der Waals surface area contributed by atoms with Crippen LogP contribution in [0.4, 0.5) is 0 Å². The second kappa shape index (κ2) is 5.08. The summed E-state index contributed by atoms with van der Waals surface area (Å²) in [5.41, 5.74) is 0. The van der Waals surface area contributed by atoms with Crippen molar-refractivity contribution in [1.29, 1.82) is 0 Å². The molecule has 0 N–H and O–H groups in total. The normalized spacial score (nSPS) is 14.3. The molecule has 0 rings (SSSR count). The van der Waals surface area contributed by atoms with Crippen molar-refractivity contribution in [2.24, 2.45) is 5.92 Å². The van der Waals surface area contributed by atoms with Gasteiger partial charge < -0.3 is 4.74 Å². The van der Waals surface area contributed by atoms with E-state index >= 15 is 0 Å². The van der Waals surface area contributed by atoms with Crippen LogP contribution in [0.5, 0.6) is 0 Å². The Kier molecular flexibility index (Phi) is 4.79. The number of hydrogen-bond donors (Lipinski definition) is 0. The van der Waals surface area contributed by atoms with Crippen LogP contribution >= 0.6 is 0 Å². The number of carbonyl (C=O) groups is 1. The summed E-state index contributed by atoms with van der Waals surface area (Å²) >= 11 is 0. The van der Waals surface area contributed by atoms with Gasteiger partial charge in [0.25, 0.3) is 0 Å². The van der Waals surface area contributed by atoms with Crippen LogP contribution < -0.4 is 0 Å². The molecular formula is C9H16O2. The predicted octanol–water partition coefficient (Wildman–Crippen LogP) is 1.80. The average molecular weight is 156 g/mol. The largest absolute Gasteiger partial charge is 0.377 e. The number of ketones is 1. The summed E-state index contributed by atoms with van der Waals surface area (Å²) in [7, 11) is 1.65. The van der Waals surface area contributed by atoms with Gasteiger partial charge in [-0.05, 0) is 18.9 Å². The van der Waals surface area contributed by atoms with Gasteiger partial charge in [-0.2, -0.15) is 0 Å². The minimum Gasteiger partial charge on any atom is -0.377 e. The average Bonchev–Trinajstić information content (AvgIpc) is 1.87. The molecule has 0 aliphatic carbocycles. The number of methoxy groups -OCH3 is 1. The zero-order valence-electron chi connectivity index (χ0n) is 7.63. The van der Waals surface area contributed by atoms with Crippen molar-refractivity contribution in [3.8, 4) is 0 Å². The van der Waals surface area contributed by atoms with Gasteiger partial charge in [0, 0.05) is 7.11 Å². The Morgan fingerprint density at radius 1 is 1.45 bits per heavy atom. The lowest BCUT2D eigenvalue weighted by Crippen LogP contribution is -2.14. The molecule has 0 radical (unpaired) electrons. The highest BCUT2D eigenvalue weighted by atomic mass is 16.5. The summed E-state index contributed by atoms with van der Waals surface area (Å²) in [6, 6.07) is 0. The summed E-state index contributed by atoms with van der Waals surface area (Å²) in [5, 5.41) is 0. The van der Waals surface area contributed by atoms with Gasteiger partial charge in [-0.1, -0.05) is 19.9 Å². The molecule has 1 unspecified atom stereocenters. The first-order chi connectivity index (χ1) is 5.07. The van der Waals surface area contributed by atoms with Crippen molar-refractivity contribution in [3.05, 3.63) is 12.2 Å². The van der Waals surface area contributed by atoms with Gasteiger partial charge in [-0.3, -0.25) is 4.79 Å². The Morgan fingerprint density at radius 2 is 2.00 bits per heavy atom. The molecule has 0 aromatic carbocycles. The summed E-state index contributed by atoms with van der Waals surface area (Å²) in [6.07, 6.45) is 3.40. The van der Waals surface area contributed by atoms with Gasteiger partial charge in [-0.15, -0.1) is 0 Å². The van der Waals surface area contributed by atoms with E-state index in [1.54, 1.807) is 19.3 Å². The van der Waals surface area contributed by atoms with E-state index in [1.807, 2.05) is 0 Å². The Hall–Kier alpha value is -0.630. The molecule has 0 spiro atoms. The molecule has 1 atom stereocenters. The van der Waals surface area contributed by atoms with E-state index in [9.17, 15) is 4.79 Å². The quantitative estimate of drug-likeness (QED) is 0.580. The lowest BCUT2D eigenvalue weighted by molar-refractivity contribution is -0.112. The van der Waals surface area contributed by atoms with Gasteiger partial charge in [-0.25, -0.2) is 0 Å². The molecule has 0 aliphatic rings. The maximum atomic E-state index is 10.5. The van der Waals surface area contributed by atoms with E-state index in [0.717, 1.165) is 0 Å². The molecule has 0 saturated carbocycles. The Balaban J connectivity index is 3.97. The molecule has 0 aliphatic heterocycles. The fourth-order valence-electron chi connectivity index (χ4n) is 0.803. The van der Waals surface area contributed by atoms with Crippen LogP contribution in [0.15, 0.2) is 12.2 Å². The van der Waals surface area contributed by atoms with Crippen molar-refractivity contribution in [2.75, 3.05) is 7.11 Å². The van der Waals surface area contributed by atoms with Crippen molar-refractivity contribution >= 4 is 5.78 Å². The van der Waals surface area contributed by atoms with Gasteiger partial charge in [0.1, 0.15) is 0 Å². The molecule has 0 saturated heterocycles. The lowest BCUT2D eigenvalue weighted by Gasteiger charge is -2.13. The van der Waals surface area contributed by atoms with Crippen LogP contribution in [0.3, 0.4) is 0 Å². The first kappa shape index (κ1) is 10.4. The Labute approximate surface area is 68.2 Å². The third-order valence-corrected chi connectivity index (χ3v) is 1.45. The number of rotatable bonds is 4. The maximum absolute atomic E-state index is 10.5. The molecule has 0 heterocycles. The molecule has 11 heavy (non-hydrogen) atoms. The number of carbonyl (C=O) groups excluding carboxylic acids is 1. The van der Waals surface area contributed by atoms with Crippen LogP contribution in [-0.4, -0.2) is 19.0 Å². The topological polar surface area (TPSA) is 26.3 Å². The summed E-state index contributed by atoms with van der Waals surface area (Å²) < 4.78 is 5.12. The van der Waals surface area contributed by atoms with Gasteiger partial charge >= 0.3 is 0 Å². The van der Waals surface area contributed by atoms with Gasteiger partial charge in [0.15, 0.2) is 5.78 Å². The van der Waals surface area contributed by atoms with Crippen molar-refractivity contribution < 1.29 is 9.53 Å². The smallest absolute Gasteiger partial charge is 0.152 e. The van der Waals surface area contributed by atoms with E-state index in [-0.39, 0.29) is 11.9 Å². The van der Waals surface area contributed by atoms with Crippen LogP contribution in [0, 0.1) is 5.92 Å². The van der Waals surface area contributed by atoms with Crippen molar-refractivity contribution in [3.63, 3.8) is 0 Å². The van der Waals surface area contributed by atoms with E-state index < -0.39 is 0 Å². The Bertz CT molecular complexity index is 148. The minimum atomic E-state index is 0.0545. The SMILES string of the molecule is COC(/C=C/C(C)=O)C(C)C. The molecule has 0 fully saturated rings. The van der Waals surface area contributed by atoms with E-state index in [4.69, 9.17) is 4.74 Å². The molecule has 64 valence electrons. The second-order valence-electron chi connectivity index (χ2n) is 2.91. The fraction of sp³-hybridized carbons (Fsp3) is 0.667. The van der Waals surface area contributed by atoms with Gasteiger partial charge in [0.05, 0.1) is 6.10 Å². The third kappa shape index (κ3) is 4.73. The highest BCUT2D eigenvalue weighted by Gasteiger charge is 2.06. The first-order valence-corrected chi connectivity index (χ1v) is 3.79. The summed E-state index contributed by atoms with van der Waals surface area (Å²) in [5.74, 6) is 0.475. The molecule has 0 amide bonds. The van der Waals surface area contributed by atoms with Gasteiger partial charge in [0.2, 0.25) is 0 Å².